The first-order valence-corrected chi connectivity index (χ1v) is 17.8. The van der Waals surface area contributed by atoms with Gasteiger partial charge in [0.15, 0.2) is 0 Å². The lowest BCUT2D eigenvalue weighted by molar-refractivity contribution is 1.28. The Bertz CT molecular complexity index is 2560. The van der Waals surface area contributed by atoms with Crippen LogP contribution in [0.15, 0.2) is 218 Å². The third kappa shape index (κ3) is 6.19. The van der Waals surface area contributed by atoms with Crippen LogP contribution in [0.2, 0.25) is 0 Å². The van der Waals surface area contributed by atoms with E-state index in [4.69, 9.17) is 0 Å². The van der Waals surface area contributed by atoms with E-state index in [0.717, 1.165) is 34.1 Å². The van der Waals surface area contributed by atoms with Crippen LogP contribution < -0.4 is 9.80 Å². The van der Waals surface area contributed by atoms with E-state index >= 15 is 0 Å². The molecule has 0 unspecified atom stereocenters. The van der Waals surface area contributed by atoms with Gasteiger partial charge in [0, 0.05) is 34.1 Å². The summed E-state index contributed by atoms with van der Waals surface area (Å²) >= 11 is 0. The number of nitrogens with zero attached hydrogens (tertiary/aromatic N) is 2. The standard InChI is InChI=1S/C50H36N2/c1-4-14-45(15-5-1)51(46-16-6-2-7-17-46)48-29-24-39(25-30-48)43-23-21-40-28-33-50(36-44(40)35-43)52(47-18-8-3-9-19-47)49-31-26-38(27-32-49)42-22-20-37-12-10-11-13-41(37)34-42/h1-36H. The Morgan fingerprint density at radius 1 is 0.192 bits per heavy atom. The van der Waals surface area contributed by atoms with Crippen molar-refractivity contribution in [3.8, 4) is 22.3 Å². The molecule has 0 atom stereocenters. The van der Waals surface area contributed by atoms with Crippen molar-refractivity contribution in [3.05, 3.63) is 218 Å². The van der Waals surface area contributed by atoms with Crippen molar-refractivity contribution in [1.82, 2.24) is 0 Å². The fourth-order valence-corrected chi connectivity index (χ4v) is 7.15. The van der Waals surface area contributed by atoms with Crippen LogP contribution in [0.1, 0.15) is 0 Å². The Morgan fingerprint density at radius 3 is 1.02 bits per heavy atom. The largest absolute Gasteiger partial charge is 0.311 e. The van der Waals surface area contributed by atoms with Gasteiger partial charge in [-0.25, -0.2) is 0 Å². The summed E-state index contributed by atoms with van der Waals surface area (Å²) < 4.78 is 0. The first-order chi connectivity index (χ1) is 25.8. The average Bonchev–Trinajstić information content (AvgIpc) is 3.22. The van der Waals surface area contributed by atoms with E-state index in [-0.39, 0.29) is 0 Å². The summed E-state index contributed by atoms with van der Waals surface area (Å²) in [6, 6.07) is 78.3. The molecule has 0 aliphatic heterocycles. The summed E-state index contributed by atoms with van der Waals surface area (Å²) in [5.41, 5.74) is 11.5. The van der Waals surface area contributed by atoms with Gasteiger partial charge in [-0.15, -0.1) is 0 Å². The molecule has 0 radical (unpaired) electrons. The molecule has 9 rings (SSSR count). The number of rotatable bonds is 8. The molecule has 0 aromatic heterocycles. The van der Waals surface area contributed by atoms with Gasteiger partial charge in [-0.3, -0.25) is 0 Å². The second-order valence-corrected chi connectivity index (χ2v) is 13.1. The maximum Gasteiger partial charge on any atom is 0.0468 e. The van der Waals surface area contributed by atoms with Crippen molar-refractivity contribution >= 4 is 55.7 Å². The predicted molar refractivity (Wildman–Crippen MR) is 222 cm³/mol. The van der Waals surface area contributed by atoms with Gasteiger partial charge >= 0.3 is 0 Å². The average molecular weight is 665 g/mol. The minimum Gasteiger partial charge on any atom is -0.311 e. The fraction of sp³-hybridized carbons (Fsp3) is 0. The third-order valence-corrected chi connectivity index (χ3v) is 9.79. The number of fused-ring (bicyclic) bond motifs is 2. The van der Waals surface area contributed by atoms with Crippen molar-refractivity contribution in [1.29, 1.82) is 0 Å². The van der Waals surface area contributed by atoms with E-state index in [9.17, 15) is 0 Å². The van der Waals surface area contributed by atoms with Crippen molar-refractivity contribution in [3.63, 3.8) is 0 Å². The summed E-state index contributed by atoms with van der Waals surface area (Å²) in [6.07, 6.45) is 0. The fourth-order valence-electron chi connectivity index (χ4n) is 7.15. The van der Waals surface area contributed by atoms with Gasteiger partial charge in [0.25, 0.3) is 0 Å². The van der Waals surface area contributed by atoms with Gasteiger partial charge in [0.1, 0.15) is 0 Å². The first kappa shape index (κ1) is 31.1. The Kier molecular flexibility index (Phi) is 8.24. The maximum absolute atomic E-state index is 2.34. The van der Waals surface area contributed by atoms with Gasteiger partial charge in [-0.2, -0.15) is 0 Å². The van der Waals surface area contributed by atoms with E-state index in [1.807, 2.05) is 0 Å². The molecule has 0 fully saturated rings. The topological polar surface area (TPSA) is 6.48 Å². The van der Waals surface area contributed by atoms with Gasteiger partial charge in [0.05, 0.1) is 0 Å². The molecule has 0 saturated carbocycles. The Balaban J connectivity index is 1.05. The third-order valence-electron chi connectivity index (χ3n) is 9.79. The van der Waals surface area contributed by atoms with Crippen LogP contribution in [0.25, 0.3) is 43.8 Å². The summed E-state index contributed by atoms with van der Waals surface area (Å²) in [5, 5.41) is 4.92. The number of hydrogen-bond acceptors (Lipinski definition) is 2. The van der Waals surface area contributed by atoms with Crippen molar-refractivity contribution in [2.24, 2.45) is 0 Å². The predicted octanol–water partition coefficient (Wildman–Crippen LogP) is 14.3. The highest BCUT2D eigenvalue weighted by Gasteiger charge is 2.15. The Labute approximate surface area is 305 Å². The zero-order chi connectivity index (χ0) is 34.7. The maximum atomic E-state index is 2.34. The molecule has 0 spiro atoms. The highest BCUT2D eigenvalue weighted by Crippen LogP contribution is 2.39. The lowest BCUT2D eigenvalue weighted by Crippen LogP contribution is -2.09. The quantitative estimate of drug-likeness (QED) is 0.159. The molecular formula is C50H36N2. The van der Waals surface area contributed by atoms with Crippen molar-refractivity contribution in [2.45, 2.75) is 0 Å². The van der Waals surface area contributed by atoms with E-state index in [1.54, 1.807) is 0 Å². The monoisotopic (exact) mass is 664 g/mol. The summed E-state index contributed by atoms with van der Waals surface area (Å²) in [7, 11) is 0. The molecule has 0 bridgehead atoms. The molecule has 2 nitrogen and oxygen atoms in total. The molecule has 2 heteroatoms. The molecule has 0 aliphatic carbocycles. The van der Waals surface area contributed by atoms with E-state index < -0.39 is 0 Å². The minimum absolute atomic E-state index is 1.11. The van der Waals surface area contributed by atoms with Crippen LogP contribution in [-0.4, -0.2) is 0 Å². The van der Waals surface area contributed by atoms with Gasteiger partial charge < -0.3 is 9.80 Å². The summed E-state index contributed by atoms with van der Waals surface area (Å²) in [5.74, 6) is 0. The zero-order valence-electron chi connectivity index (χ0n) is 28.7. The molecule has 246 valence electrons. The van der Waals surface area contributed by atoms with Crippen LogP contribution in [0.4, 0.5) is 34.1 Å². The molecule has 0 saturated heterocycles. The van der Waals surface area contributed by atoms with Crippen LogP contribution >= 0.6 is 0 Å². The van der Waals surface area contributed by atoms with Crippen molar-refractivity contribution in [2.75, 3.05) is 9.80 Å². The molecule has 9 aromatic carbocycles. The SMILES string of the molecule is c1ccc(N(c2ccccc2)c2ccc(-c3ccc4ccc(N(c5ccccc5)c5ccc(-c6ccc7ccccc7c6)cc5)cc4c3)cc2)cc1. The first-order valence-electron chi connectivity index (χ1n) is 17.8. The van der Waals surface area contributed by atoms with Crippen LogP contribution in [0, 0.1) is 0 Å². The lowest BCUT2D eigenvalue weighted by Gasteiger charge is -2.26. The van der Waals surface area contributed by atoms with Crippen LogP contribution in [0.5, 0.6) is 0 Å². The van der Waals surface area contributed by atoms with Gasteiger partial charge in [-0.1, -0.05) is 133 Å². The summed E-state index contributed by atoms with van der Waals surface area (Å²) in [4.78, 5) is 4.63. The second-order valence-electron chi connectivity index (χ2n) is 13.1. The van der Waals surface area contributed by atoms with E-state index in [0.29, 0.717) is 0 Å². The lowest BCUT2D eigenvalue weighted by atomic mass is 9.99. The molecule has 0 heterocycles. The highest BCUT2D eigenvalue weighted by atomic mass is 15.1. The normalized spacial score (nSPS) is 11.1. The molecule has 52 heavy (non-hydrogen) atoms. The minimum atomic E-state index is 1.11. The smallest absolute Gasteiger partial charge is 0.0468 e. The molecule has 0 amide bonds. The van der Waals surface area contributed by atoms with E-state index in [2.05, 4.69) is 228 Å². The Hall–Kier alpha value is -6.90. The van der Waals surface area contributed by atoms with E-state index in [1.165, 1.54) is 43.8 Å². The highest BCUT2D eigenvalue weighted by molar-refractivity contribution is 5.93. The number of benzene rings is 9. The zero-order valence-corrected chi connectivity index (χ0v) is 28.7. The van der Waals surface area contributed by atoms with Crippen LogP contribution in [-0.2, 0) is 0 Å². The van der Waals surface area contributed by atoms with Crippen LogP contribution in [0.3, 0.4) is 0 Å². The Morgan fingerprint density at radius 2 is 0.519 bits per heavy atom. The molecular weight excluding hydrogens is 629 g/mol. The van der Waals surface area contributed by atoms with Gasteiger partial charge in [-0.05, 0) is 129 Å². The van der Waals surface area contributed by atoms with Crippen molar-refractivity contribution < 1.29 is 0 Å². The molecule has 0 N–H and O–H groups in total. The molecule has 9 aromatic rings. The second kappa shape index (κ2) is 13.8. The number of para-hydroxylation sites is 3. The molecule has 0 aliphatic rings. The number of anilines is 6. The number of hydrogen-bond donors (Lipinski definition) is 0. The summed E-state index contributed by atoms with van der Waals surface area (Å²) in [6.45, 7) is 0. The van der Waals surface area contributed by atoms with Gasteiger partial charge in [0.2, 0.25) is 0 Å².